The molecule has 0 unspecified atom stereocenters. The summed E-state index contributed by atoms with van der Waals surface area (Å²) in [5, 5.41) is 8.56. The van der Waals surface area contributed by atoms with E-state index >= 15 is 0 Å². The molecule has 0 atom stereocenters. The van der Waals surface area contributed by atoms with Crippen molar-refractivity contribution in [2.75, 3.05) is 0 Å². The van der Waals surface area contributed by atoms with Crippen molar-refractivity contribution in [1.82, 2.24) is 0 Å². The zero-order valence-electron chi connectivity index (χ0n) is 28.4. The van der Waals surface area contributed by atoms with Gasteiger partial charge in [0.05, 0.1) is 0 Å². The fraction of sp³-hybridized carbons (Fsp3) is 0.0417. The van der Waals surface area contributed by atoms with Crippen molar-refractivity contribution in [2.45, 2.75) is 12.8 Å². The Hall–Kier alpha value is -4.60. The predicted molar refractivity (Wildman–Crippen MR) is 220 cm³/mol. The molecular weight excluding hydrogens is 694 g/mol. The van der Waals surface area contributed by atoms with Crippen LogP contribution in [0.15, 0.2) is 218 Å². The Balaban J connectivity index is 0.000000172. The predicted octanol–water partition coefficient (Wildman–Crippen LogP) is 9.51. The number of benzene rings is 6. The maximum Gasteiger partial charge on any atom is 0 e. The van der Waals surface area contributed by atoms with Gasteiger partial charge in [-0.15, -0.1) is 10.9 Å². The third-order valence-corrected chi connectivity index (χ3v) is 13.9. The average molecular weight is 735 g/mol. The van der Waals surface area contributed by atoms with E-state index in [0.29, 0.717) is 0 Å². The first kappa shape index (κ1) is 36.2. The Morgan fingerprint density at radius 1 is 0.412 bits per heavy atom. The van der Waals surface area contributed by atoms with Gasteiger partial charge in [0.1, 0.15) is 0 Å². The van der Waals surface area contributed by atoms with E-state index in [2.05, 4.69) is 218 Å². The molecule has 8 aromatic carbocycles. The van der Waals surface area contributed by atoms with Crippen LogP contribution in [0.25, 0.3) is 0 Å². The molecule has 256 valence electrons. The Labute approximate surface area is 316 Å². The standard InChI is InChI=1S/2C24H20P.Fe/c2*1-4-11-20(12-5-1)19-21-13-10-18-24(21)25(22-14-6-2-7-15-22)23-16-8-3-9-17-23;/h2*1-18H,19H2;/q-5;-1;. The van der Waals surface area contributed by atoms with Crippen molar-refractivity contribution < 1.29 is 17.1 Å². The molecule has 0 aliphatic heterocycles. The maximum atomic E-state index is 2.31. The molecule has 0 aliphatic carbocycles. The molecule has 0 heterocycles. The molecule has 0 spiro atoms. The second-order valence-corrected chi connectivity index (χ2v) is 16.6. The van der Waals surface area contributed by atoms with E-state index in [1.807, 2.05) is 0 Å². The van der Waals surface area contributed by atoms with Crippen LogP contribution >= 0.6 is 15.8 Å². The molecule has 3 heteroatoms. The van der Waals surface area contributed by atoms with Crippen molar-refractivity contribution in [3.63, 3.8) is 0 Å². The third kappa shape index (κ3) is 9.40. The SMILES string of the molecule is [Fe].c1ccc(C[c-]2[cH-][cH-][cH-][c-]2P(c2ccccc2)c2ccccc2)cc1.c1ccc(C[c-]2cccc2P(c2ccccc2)c2ccccc2)cc1. The topological polar surface area (TPSA) is 0 Å². The molecular formula is C48H40FeP2-6. The van der Waals surface area contributed by atoms with E-state index in [1.54, 1.807) is 0 Å². The first-order valence-electron chi connectivity index (χ1n) is 17.2. The second kappa shape index (κ2) is 18.6. The zero-order valence-corrected chi connectivity index (χ0v) is 31.3. The van der Waals surface area contributed by atoms with Gasteiger partial charge in [0.2, 0.25) is 0 Å². The normalized spacial score (nSPS) is 10.7. The summed E-state index contributed by atoms with van der Waals surface area (Å²) in [5.74, 6) is 0. The van der Waals surface area contributed by atoms with Crippen LogP contribution in [0, 0.1) is 0 Å². The summed E-state index contributed by atoms with van der Waals surface area (Å²) in [6.07, 6.45) is 1.98. The minimum atomic E-state index is -0.526. The van der Waals surface area contributed by atoms with E-state index in [9.17, 15) is 0 Å². The first-order valence-corrected chi connectivity index (χ1v) is 19.9. The molecule has 8 aromatic rings. The quantitative estimate of drug-likeness (QED) is 0.0747. The van der Waals surface area contributed by atoms with Crippen molar-refractivity contribution >= 4 is 47.7 Å². The van der Waals surface area contributed by atoms with Gasteiger partial charge >= 0.3 is 0 Å². The monoisotopic (exact) mass is 734 g/mol. The van der Waals surface area contributed by atoms with Gasteiger partial charge < -0.3 is 29.1 Å². The van der Waals surface area contributed by atoms with Gasteiger partial charge in [0.15, 0.2) is 0 Å². The first-order chi connectivity index (χ1) is 24.8. The Morgan fingerprint density at radius 3 is 1.29 bits per heavy atom. The summed E-state index contributed by atoms with van der Waals surface area (Å²) in [5.41, 5.74) is 5.60. The van der Waals surface area contributed by atoms with Gasteiger partial charge in [-0.05, 0) is 25.0 Å². The van der Waals surface area contributed by atoms with Gasteiger partial charge in [0.25, 0.3) is 0 Å². The summed E-state index contributed by atoms with van der Waals surface area (Å²) < 4.78 is 0. The van der Waals surface area contributed by atoms with Crippen LogP contribution < -0.4 is 31.8 Å². The molecule has 0 saturated heterocycles. The van der Waals surface area contributed by atoms with Gasteiger partial charge in [-0.25, -0.2) is 20.1 Å². The third-order valence-electron chi connectivity index (χ3n) is 8.78. The molecule has 0 N–H and O–H groups in total. The molecule has 0 saturated carbocycles. The van der Waals surface area contributed by atoms with Crippen LogP contribution in [0.3, 0.4) is 0 Å². The molecule has 8 rings (SSSR count). The van der Waals surface area contributed by atoms with E-state index < -0.39 is 15.8 Å². The number of hydrogen-bond donors (Lipinski definition) is 0. The van der Waals surface area contributed by atoms with Crippen LogP contribution in [-0.4, -0.2) is 0 Å². The van der Waals surface area contributed by atoms with Crippen molar-refractivity contribution in [3.8, 4) is 0 Å². The molecule has 0 nitrogen and oxygen atoms in total. The molecule has 0 aliphatic rings. The molecule has 0 bridgehead atoms. The Kier molecular flexibility index (Phi) is 13.2. The summed E-state index contributed by atoms with van der Waals surface area (Å²) >= 11 is 0. The largest absolute Gasteiger partial charge is 0.747 e. The Morgan fingerprint density at radius 2 is 0.824 bits per heavy atom. The average Bonchev–Trinajstić information content (AvgIpc) is 3.84. The minimum absolute atomic E-state index is 0. The van der Waals surface area contributed by atoms with Crippen molar-refractivity contribution in [2.24, 2.45) is 0 Å². The van der Waals surface area contributed by atoms with E-state index in [0.717, 1.165) is 12.8 Å². The van der Waals surface area contributed by atoms with Crippen LogP contribution in [0.2, 0.25) is 0 Å². The second-order valence-electron chi connectivity index (χ2n) is 12.2. The van der Waals surface area contributed by atoms with E-state index in [-0.39, 0.29) is 17.1 Å². The zero-order chi connectivity index (χ0) is 33.8. The molecule has 0 aromatic heterocycles. The van der Waals surface area contributed by atoms with Crippen molar-refractivity contribution in [1.29, 1.82) is 0 Å². The maximum absolute atomic E-state index is 2.31. The van der Waals surface area contributed by atoms with Gasteiger partial charge in [-0.2, -0.15) is 12.5 Å². The molecule has 0 radical (unpaired) electrons. The van der Waals surface area contributed by atoms with E-state index in [1.165, 1.54) is 54.1 Å². The summed E-state index contributed by atoms with van der Waals surface area (Å²) in [4.78, 5) is 0. The fourth-order valence-corrected chi connectivity index (χ4v) is 11.4. The van der Waals surface area contributed by atoms with E-state index in [4.69, 9.17) is 0 Å². The molecule has 51 heavy (non-hydrogen) atoms. The van der Waals surface area contributed by atoms with Crippen LogP contribution in [-0.2, 0) is 29.9 Å². The van der Waals surface area contributed by atoms with Gasteiger partial charge in [0, 0.05) is 17.1 Å². The van der Waals surface area contributed by atoms with Crippen LogP contribution in [0.5, 0.6) is 0 Å². The van der Waals surface area contributed by atoms with Crippen LogP contribution in [0.4, 0.5) is 0 Å². The number of rotatable bonds is 10. The minimum Gasteiger partial charge on any atom is -0.747 e. The molecule has 0 fully saturated rings. The molecule has 0 amide bonds. The van der Waals surface area contributed by atoms with Gasteiger partial charge in [-0.3, -0.25) is 0 Å². The summed E-state index contributed by atoms with van der Waals surface area (Å²) in [7, 11) is -1.05. The summed E-state index contributed by atoms with van der Waals surface area (Å²) in [6, 6.07) is 78.7. The van der Waals surface area contributed by atoms with Gasteiger partial charge in [-0.1, -0.05) is 204 Å². The fourth-order valence-electron chi connectivity index (χ4n) is 6.43. The summed E-state index contributed by atoms with van der Waals surface area (Å²) in [6.45, 7) is 0. The smallest absolute Gasteiger partial charge is 0 e. The van der Waals surface area contributed by atoms with Crippen molar-refractivity contribution in [3.05, 3.63) is 241 Å². The van der Waals surface area contributed by atoms with Crippen LogP contribution in [0.1, 0.15) is 22.3 Å². The Bertz CT molecular complexity index is 1900. The number of hydrogen-bond acceptors (Lipinski definition) is 0.